The molecule has 40 heavy (non-hydrogen) atoms. The Balaban J connectivity index is 1.93. The number of halogens is 6. The smallest absolute Gasteiger partial charge is 0.393 e. The normalized spacial score (nSPS) is 33.5. The van der Waals surface area contributed by atoms with Crippen LogP contribution in [0.25, 0.3) is 0 Å². The van der Waals surface area contributed by atoms with Crippen molar-refractivity contribution in [3.05, 3.63) is 35.5 Å². The van der Waals surface area contributed by atoms with E-state index in [2.05, 4.69) is 6.58 Å². The molecule has 3 rings (SSSR count). The summed E-state index contributed by atoms with van der Waals surface area (Å²) in [5.74, 6) is -1.57. The molecule has 6 atom stereocenters. The van der Waals surface area contributed by atoms with Gasteiger partial charge in [-0.1, -0.05) is 37.6 Å². The van der Waals surface area contributed by atoms with E-state index in [1.807, 2.05) is 19.1 Å². The van der Waals surface area contributed by atoms with Gasteiger partial charge < -0.3 is 20.4 Å². The highest BCUT2D eigenvalue weighted by molar-refractivity contribution is 5.38. The second kappa shape index (κ2) is 11.7. The Kier molecular flexibility index (Phi) is 9.72. The van der Waals surface area contributed by atoms with Crippen LogP contribution in [0.15, 0.2) is 35.5 Å². The molecule has 230 valence electrons. The largest absolute Gasteiger partial charge is 0.426 e. The van der Waals surface area contributed by atoms with Gasteiger partial charge in [-0.05, 0) is 106 Å². The van der Waals surface area contributed by atoms with E-state index in [9.17, 15) is 46.8 Å². The molecule has 0 heterocycles. The van der Waals surface area contributed by atoms with Crippen molar-refractivity contribution in [2.75, 3.05) is 0 Å². The standard InChI is InChI=1S/C30H44F6O4/c1-18-20(15-22(37)16-25(18)38)10-9-19-7-6-14-27(4)23(19)11-12-24(27)21(8-5-13-26(2,3)39)17-28(40,29(31,32)33)30(34,35)36/h9-10,21-25,37-40H,1,5-8,11-17H2,2-4H3/b19-9+,20-10-/t21?,22-,23?,24-,25+,27+/m1/s1. The second-order valence-corrected chi connectivity index (χ2v) is 13.2. The Morgan fingerprint density at radius 2 is 1.65 bits per heavy atom. The Morgan fingerprint density at radius 1 is 1.02 bits per heavy atom. The zero-order chi connectivity index (χ0) is 30.3. The molecule has 3 aliphatic carbocycles. The van der Waals surface area contributed by atoms with Crippen LogP contribution in [0.1, 0.15) is 91.4 Å². The van der Waals surface area contributed by atoms with Gasteiger partial charge in [0.1, 0.15) is 0 Å². The summed E-state index contributed by atoms with van der Waals surface area (Å²) in [4.78, 5) is 0. The molecule has 0 aromatic rings. The zero-order valence-electron chi connectivity index (χ0n) is 23.6. The van der Waals surface area contributed by atoms with Crippen molar-refractivity contribution in [3.8, 4) is 0 Å². The maximum Gasteiger partial charge on any atom is 0.426 e. The molecule has 2 unspecified atom stereocenters. The summed E-state index contributed by atoms with van der Waals surface area (Å²) in [6.45, 7) is 8.96. The van der Waals surface area contributed by atoms with Crippen molar-refractivity contribution in [2.24, 2.45) is 23.2 Å². The van der Waals surface area contributed by atoms with Crippen molar-refractivity contribution in [1.29, 1.82) is 0 Å². The van der Waals surface area contributed by atoms with Crippen molar-refractivity contribution < 1.29 is 46.8 Å². The van der Waals surface area contributed by atoms with Gasteiger partial charge in [-0.2, -0.15) is 26.3 Å². The molecule has 0 bridgehead atoms. The third kappa shape index (κ3) is 6.98. The minimum atomic E-state index is -5.88. The molecule has 3 fully saturated rings. The summed E-state index contributed by atoms with van der Waals surface area (Å²) in [5.41, 5.74) is -4.16. The molecule has 0 saturated heterocycles. The highest BCUT2D eigenvalue weighted by Crippen LogP contribution is 2.62. The zero-order valence-corrected chi connectivity index (χ0v) is 23.6. The van der Waals surface area contributed by atoms with Gasteiger partial charge in [-0.3, -0.25) is 0 Å². The number of hydrogen-bond donors (Lipinski definition) is 4. The van der Waals surface area contributed by atoms with Gasteiger partial charge in [0.25, 0.3) is 5.60 Å². The number of rotatable bonds is 8. The molecule has 3 saturated carbocycles. The molecular formula is C30H44F6O4. The Labute approximate surface area is 232 Å². The Bertz CT molecular complexity index is 962. The third-order valence-corrected chi connectivity index (χ3v) is 9.73. The summed E-state index contributed by atoms with van der Waals surface area (Å²) in [5, 5.41) is 40.5. The van der Waals surface area contributed by atoms with E-state index in [1.165, 1.54) is 0 Å². The van der Waals surface area contributed by atoms with E-state index in [0.29, 0.717) is 31.3 Å². The van der Waals surface area contributed by atoms with Gasteiger partial charge in [0.15, 0.2) is 0 Å². The van der Waals surface area contributed by atoms with Crippen LogP contribution >= 0.6 is 0 Å². The molecule has 4 N–H and O–H groups in total. The van der Waals surface area contributed by atoms with Gasteiger partial charge in [0.05, 0.1) is 17.8 Å². The van der Waals surface area contributed by atoms with Crippen LogP contribution in [-0.2, 0) is 0 Å². The van der Waals surface area contributed by atoms with E-state index >= 15 is 0 Å². The molecule has 0 spiro atoms. The summed E-state index contributed by atoms with van der Waals surface area (Å²) in [7, 11) is 0. The fourth-order valence-electron chi connectivity index (χ4n) is 7.53. The average molecular weight is 583 g/mol. The monoisotopic (exact) mass is 582 g/mol. The molecule has 0 aliphatic heterocycles. The average Bonchev–Trinajstić information content (AvgIpc) is 3.14. The lowest BCUT2D eigenvalue weighted by Crippen LogP contribution is -2.58. The highest BCUT2D eigenvalue weighted by atomic mass is 19.4. The number of allylic oxidation sites excluding steroid dienone is 3. The number of aliphatic hydroxyl groups is 4. The van der Waals surface area contributed by atoms with Crippen molar-refractivity contribution in [2.45, 2.75) is 127 Å². The maximum atomic E-state index is 13.7. The van der Waals surface area contributed by atoms with Crippen LogP contribution in [0.5, 0.6) is 0 Å². The first-order valence-electron chi connectivity index (χ1n) is 14.2. The first-order chi connectivity index (χ1) is 18.2. The maximum absolute atomic E-state index is 13.7. The van der Waals surface area contributed by atoms with Crippen LogP contribution in [0.4, 0.5) is 26.3 Å². The lowest BCUT2D eigenvalue weighted by molar-refractivity contribution is -0.374. The molecule has 0 aromatic carbocycles. The van der Waals surface area contributed by atoms with E-state index < -0.39 is 59.4 Å². The molecular weight excluding hydrogens is 538 g/mol. The van der Waals surface area contributed by atoms with Crippen molar-refractivity contribution in [1.82, 2.24) is 0 Å². The third-order valence-electron chi connectivity index (χ3n) is 9.73. The molecule has 0 aromatic heterocycles. The van der Waals surface area contributed by atoms with E-state index in [4.69, 9.17) is 0 Å². The summed E-state index contributed by atoms with van der Waals surface area (Å²) < 4.78 is 82.5. The quantitative estimate of drug-likeness (QED) is 0.234. The SMILES string of the molecule is C=C1/C(=C\C=C2/CCC[C@@]3(C)C2CC[C@@H]3C(CCCC(C)(C)O)CC(O)(C(F)(F)F)C(F)(F)F)C[C@@H](O)C[C@@H]1O. The summed E-state index contributed by atoms with van der Waals surface area (Å²) in [6.07, 6.45) is -6.76. The Morgan fingerprint density at radius 3 is 2.23 bits per heavy atom. The Hall–Kier alpha value is -1.36. The van der Waals surface area contributed by atoms with Gasteiger partial charge in [-0.15, -0.1) is 0 Å². The number of aliphatic hydroxyl groups excluding tert-OH is 2. The molecule has 0 amide bonds. The van der Waals surface area contributed by atoms with Crippen LogP contribution in [0, 0.1) is 23.2 Å². The highest BCUT2D eigenvalue weighted by Gasteiger charge is 2.71. The molecule has 10 heteroatoms. The van der Waals surface area contributed by atoms with Gasteiger partial charge >= 0.3 is 12.4 Å². The molecule has 0 radical (unpaired) electrons. The van der Waals surface area contributed by atoms with E-state index in [1.54, 1.807) is 13.8 Å². The predicted molar refractivity (Wildman–Crippen MR) is 140 cm³/mol. The number of alkyl halides is 6. The minimum absolute atomic E-state index is 0.0319. The molecule has 3 aliphatic rings. The van der Waals surface area contributed by atoms with Gasteiger partial charge in [0.2, 0.25) is 0 Å². The lowest BCUT2D eigenvalue weighted by Gasteiger charge is -2.46. The second-order valence-electron chi connectivity index (χ2n) is 13.2. The number of fused-ring (bicyclic) bond motifs is 1. The first-order valence-corrected chi connectivity index (χ1v) is 14.2. The van der Waals surface area contributed by atoms with Crippen molar-refractivity contribution in [3.63, 3.8) is 0 Å². The van der Waals surface area contributed by atoms with Crippen LogP contribution in [0.3, 0.4) is 0 Å². The van der Waals surface area contributed by atoms with E-state index in [0.717, 1.165) is 24.0 Å². The molecule has 4 nitrogen and oxygen atoms in total. The minimum Gasteiger partial charge on any atom is -0.393 e. The summed E-state index contributed by atoms with van der Waals surface area (Å²) in [6, 6.07) is 0. The van der Waals surface area contributed by atoms with Crippen LogP contribution in [0.2, 0.25) is 0 Å². The fourth-order valence-corrected chi connectivity index (χ4v) is 7.53. The van der Waals surface area contributed by atoms with Crippen LogP contribution in [-0.4, -0.2) is 56.2 Å². The number of hydrogen-bond acceptors (Lipinski definition) is 4. The first kappa shape index (κ1) is 33.1. The van der Waals surface area contributed by atoms with Gasteiger partial charge in [0, 0.05) is 6.42 Å². The van der Waals surface area contributed by atoms with E-state index in [-0.39, 0.29) is 31.6 Å². The fraction of sp³-hybridized carbons (Fsp3) is 0.800. The van der Waals surface area contributed by atoms with Gasteiger partial charge in [-0.25, -0.2) is 0 Å². The van der Waals surface area contributed by atoms with Crippen molar-refractivity contribution >= 4 is 0 Å². The summed E-state index contributed by atoms with van der Waals surface area (Å²) >= 11 is 0. The lowest BCUT2D eigenvalue weighted by atomic mass is 9.59. The van der Waals surface area contributed by atoms with Crippen LogP contribution < -0.4 is 0 Å². The topological polar surface area (TPSA) is 80.9 Å². The predicted octanol–water partition coefficient (Wildman–Crippen LogP) is 6.93.